The molecule has 2 aromatic carbocycles. The number of amides is 1. The third kappa shape index (κ3) is 5.18. The first-order valence-electron chi connectivity index (χ1n) is 10.2. The van der Waals surface area contributed by atoms with Gasteiger partial charge in [-0.15, -0.1) is 0 Å². The zero-order chi connectivity index (χ0) is 24.5. The second kappa shape index (κ2) is 9.40. The highest BCUT2D eigenvalue weighted by Gasteiger charge is 2.35. The molecular weight excluding hydrogens is 469 g/mol. The van der Waals surface area contributed by atoms with Crippen molar-refractivity contribution in [2.75, 3.05) is 33.2 Å². The van der Waals surface area contributed by atoms with E-state index >= 15 is 0 Å². The van der Waals surface area contributed by atoms with E-state index in [0.717, 1.165) is 32.2 Å². The molecule has 0 aromatic heterocycles. The minimum absolute atomic E-state index is 0.164. The molecule has 1 amide bonds. The minimum atomic E-state index is -4.75. The lowest BCUT2D eigenvalue weighted by Gasteiger charge is -2.32. The standard InChI is InChI=1S/C23H19F3N4O3S/c1-29-6-8-30(9-7-29)22-28-21(32)20(34-22)12-14-2-5-19(17(31)11-14)33-18-4-3-15(13-27)10-16(18)23(24,25)26/h2-5,10-12,31H,6-9H2,1H3/b20-12-. The summed E-state index contributed by atoms with van der Waals surface area (Å²) in [5.41, 5.74) is -0.826. The Labute approximate surface area is 197 Å². The van der Waals surface area contributed by atoms with Gasteiger partial charge in [0.25, 0.3) is 5.91 Å². The number of nitriles is 1. The van der Waals surface area contributed by atoms with Gasteiger partial charge in [0, 0.05) is 26.2 Å². The highest BCUT2D eigenvalue weighted by atomic mass is 32.2. The second-order valence-corrected chi connectivity index (χ2v) is 8.76. The number of aliphatic imine (C=N–C) groups is 1. The van der Waals surface area contributed by atoms with E-state index in [1.807, 2.05) is 11.9 Å². The predicted octanol–water partition coefficient (Wildman–Crippen LogP) is 4.29. The number of benzene rings is 2. The SMILES string of the molecule is CN1CCN(C2=NC(=O)/C(=C/c3ccc(Oc4ccc(C#N)cc4C(F)(F)F)c(O)c3)S2)CC1. The lowest BCUT2D eigenvalue weighted by molar-refractivity contribution is -0.138. The Morgan fingerprint density at radius 2 is 1.85 bits per heavy atom. The van der Waals surface area contributed by atoms with Crippen LogP contribution < -0.4 is 4.74 Å². The molecule has 1 saturated heterocycles. The zero-order valence-corrected chi connectivity index (χ0v) is 18.8. The van der Waals surface area contributed by atoms with Crippen molar-refractivity contribution in [2.45, 2.75) is 6.18 Å². The van der Waals surface area contributed by atoms with Crippen molar-refractivity contribution in [3.63, 3.8) is 0 Å². The Bertz CT molecular complexity index is 1230. The fraction of sp³-hybridized carbons (Fsp3) is 0.261. The van der Waals surface area contributed by atoms with Gasteiger partial charge in [-0.2, -0.15) is 23.4 Å². The molecule has 0 atom stereocenters. The van der Waals surface area contributed by atoms with Crippen LogP contribution in [0.5, 0.6) is 17.2 Å². The number of halogens is 3. The number of carbonyl (C=O) groups is 1. The molecular formula is C23H19F3N4O3S. The quantitative estimate of drug-likeness (QED) is 0.645. The third-order valence-electron chi connectivity index (χ3n) is 5.30. The van der Waals surface area contributed by atoms with Crippen molar-refractivity contribution in [3.8, 4) is 23.3 Å². The van der Waals surface area contributed by atoms with Gasteiger partial charge in [0.2, 0.25) is 0 Å². The van der Waals surface area contributed by atoms with Gasteiger partial charge in [-0.05, 0) is 60.8 Å². The van der Waals surface area contributed by atoms with E-state index in [1.165, 1.54) is 36.0 Å². The van der Waals surface area contributed by atoms with Crippen molar-refractivity contribution in [1.29, 1.82) is 5.26 Å². The number of phenols is 1. The number of likely N-dealkylation sites (N-methyl/N-ethyl adjacent to an activating group) is 1. The number of aromatic hydroxyl groups is 1. The Morgan fingerprint density at radius 3 is 2.50 bits per heavy atom. The summed E-state index contributed by atoms with van der Waals surface area (Å²) in [6, 6.07) is 8.69. The molecule has 176 valence electrons. The van der Waals surface area contributed by atoms with Crippen LogP contribution in [0.4, 0.5) is 13.2 Å². The highest BCUT2D eigenvalue weighted by molar-refractivity contribution is 8.18. The monoisotopic (exact) mass is 488 g/mol. The summed E-state index contributed by atoms with van der Waals surface area (Å²) in [5.74, 6) is -1.52. The molecule has 7 nitrogen and oxygen atoms in total. The van der Waals surface area contributed by atoms with Crippen LogP contribution in [0.15, 0.2) is 46.3 Å². The summed E-state index contributed by atoms with van der Waals surface area (Å²) < 4.78 is 45.4. The first-order valence-corrected chi connectivity index (χ1v) is 11.0. The molecule has 0 saturated carbocycles. The average Bonchev–Trinajstić information content (AvgIpc) is 3.15. The number of amidine groups is 1. The van der Waals surface area contributed by atoms with Crippen molar-refractivity contribution >= 4 is 28.9 Å². The summed E-state index contributed by atoms with van der Waals surface area (Å²) in [4.78, 5) is 21.1. The molecule has 0 unspecified atom stereocenters. The van der Waals surface area contributed by atoms with Crippen LogP contribution in [0, 0.1) is 11.3 Å². The van der Waals surface area contributed by atoms with Crippen LogP contribution in [-0.2, 0) is 11.0 Å². The number of piperazine rings is 1. The fourth-order valence-corrected chi connectivity index (χ4v) is 4.39. The molecule has 11 heteroatoms. The van der Waals surface area contributed by atoms with Gasteiger partial charge in [-0.25, -0.2) is 0 Å². The van der Waals surface area contributed by atoms with Crippen molar-refractivity contribution in [1.82, 2.24) is 9.80 Å². The number of phenolic OH excluding ortho intramolecular Hbond substituents is 1. The second-order valence-electron chi connectivity index (χ2n) is 7.75. The summed E-state index contributed by atoms with van der Waals surface area (Å²) in [6.07, 6.45) is -3.18. The molecule has 2 aliphatic heterocycles. The van der Waals surface area contributed by atoms with Crippen molar-refractivity contribution in [3.05, 3.63) is 58.0 Å². The number of alkyl halides is 3. The minimum Gasteiger partial charge on any atom is -0.504 e. The number of carbonyl (C=O) groups excluding carboxylic acids is 1. The fourth-order valence-electron chi connectivity index (χ4n) is 3.42. The van der Waals surface area contributed by atoms with E-state index < -0.39 is 23.2 Å². The largest absolute Gasteiger partial charge is 0.504 e. The number of thioether (sulfide) groups is 1. The van der Waals surface area contributed by atoms with Gasteiger partial charge in [-0.3, -0.25) is 4.79 Å². The van der Waals surface area contributed by atoms with Gasteiger partial charge in [0.15, 0.2) is 16.7 Å². The topological polar surface area (TPSA) is 89.2 Å². The van der Waals surface area contributed by atoms with Crippen LogP contribution in [0.25, 0.3) is 6.08 Å². The van der Waals surface area contributed by atoms with E-state index in [1.54, 1.807) is 12.1 Å². The Morgan fingerprint density at radius 1 is 1.15 bits per heavy atom. The number of nitrogens with zero attached hydrogens (tertiary/aromatic N) is 4. The first kappa shape index (κ1) is 23.7. The molecule has 1 fully saturated rings. The summed E-state index contributed by atoms with van der Waals surface area (Å²) in [5, 5.41) is 19.9. The molecule has 0 bridgehead atoms. The number of rotatable bonds is 3. The Hall–Kier alpha value is -3.49. The number of ether oxygens (including phenoxy) is 1. The summed E-state index contributed by atoms with van der Waals surface area (Å²) in [6.45, 7) is 3.28. The first-order chi connectivity index (χ1) is 16.1. The van der Waals surface area contributed by atoms with Gasteiger partial charge in [0.05, 0.1) is 22.1 Å². The number of hydrogen-bond donors (Lipinski definition) is 1. The van der Waals surface area contributed by atoms with Crippen LogP contribution in [-0.4, -0.2) is 59.2 Å². The molecule has 0 spiro atoms. The van der Waals surface area contributed by atoms with Crippen LogP contribution >= 0.6 is 11.8 Å². The maximum atomic E-state index is 13.4. The van der Waals surface area contributed by atoms with E-state index in [9.17, 15) is 23.1 Å². The molecule has 0 radical (unpaired) electrons. The van der Waals surface area contributed by atoms with E-state index in [4.69, 9.17) is 10.00 Å². The average molecular weight is 488 g/mol. The summed E-state index contributed by atoms with van der Waals surface area (Å²) >= 11 is 1.25. The third-order valence-corrected chi connectivity index (χ3v) is 6.34. The van der Waals surface area contributed by atoms with Gasteiger partial charge in [-0.1, -0.05) is 6.07 Å². The maximum Gasteiger partial charge on any atom is 0.420 e. The van der Waals surface area contributed by atoms with Gasteiger partial charge < -0.3 is 19.6 Å². The molecule has 4 rings (SSSR count). The highest BCUT2D eigenvalue weighted by Crippen LogP contribution is 2.41. The van der Waals surface area contributed by atoms with E-state index in [2.05, 4.69) is 9.89 Å². The smallest absolute Gasteiger partial charge is 0.420 e. The van der Waals surface area contributed by atoms with E-state index in [-0.39, 0.29) is 17.2 Å². The van der Waals surface area contributed by atoms with Crippen LogP contribution in [0.1, 0.15) is 16.7 Å². The zero-order valence-electron chi connectivity index (χ0n) is 18.0. The van der Waals surface area contributed by atoms with Crippen LogP contribution in [0.2, 0.25) is 0 Å². The Balaban J connectivity index is 1.51. The van der Waals surface area contributed by atoms with Crippen LogP contribution in [0.3, 0.4) is 0 Å². The predicted molar refractivity (Wildman–Crippen MR) is 121 cm³/mol. The molecule has 2 heterocycles. The lowest BCUT2D eigenvalue weighted by atomic mass is 10.1. The molecule has 2 aliphatic rings. The summed E-state index contributed by atoms with van der Waals surface area (Å²) in [7, 11) is 2.03. The van der Waals surface area contributed by atoms with Crippen molar-refractivity contribution in [2.24, 2.45) is 4.99 Å². The van der Waals surface area contributed by atoms with Crippen molar-refractivity contribution < 1.29 is 27.8 Å². The Kier molecular flexibility index (Phi) is 6.54. The number of hydrogen-bond acceptors (Lipinski definition) is 7. The normalized spacial score (nSPS) is 18.2. The lowest BCUT2D eigenvalue weighted by Crippen LogP contribution is -2.46. The van der Waals surface area contributed by atoms with E-state index in [0.29, 0.717) is 21.7 Å². The molecule has 2 aromatic rings. The van der Waals surface area contributed by atoms with Gasteiger partial charge >= 0.3 is 6.18 Å². The molecule has 0 aliphatic carbocycles. The molecule has 34 heavy (non-hydrogen) atoms. The van der Waals surface area contributed by atoms with Gasteiger partial charge in [0.1, 0.15) is 5.75 Å². The maximum absolute atomic E-state index is 13.4. The molecule has 1 N–H and O–H groups in total.